The molecule has 0 aromatic heterocycles. The molecular weight excluding hydrogens is 274 g/mol. The van der Waals surface area contributed by atoms with Crippen LogP contribution >= 0.6 is 0 Å². The lowest BCUT2D eigenvalue weighted by Crippen LogP contribution is -2.54. The van der Waals surface area contributed by atoms with E-state index in [0.717, 1.165) is 7.11 Å². The molecule has 1 fully saturated rings. The number of carbonyl (C=O) groups is 2. The number of amides is 1. The van der Waals surface area contributed by atoms with Crippen LogP contribution in [0, 0.1) is 0 Å². The third kappa shape index (κ3) is 3.79. The number of esters is 1. The van der Waals surface area contributed by atoms with E-state index in [-0.39, 0.29) is 26.1 Å². The van der Waals surface area contributed by atoms with Crippen molar-refractivity contribution in [2.75, 3.05) is 26.8 Å². The van der Waals surface area contributed by atoms with E-state index in [0.29, 0.717) is 4.90 Å². The van der Waals surface area contributed by atoms with Gasteiger partial charge in [-0.3, -0.25) is 9.59 Å². The average Bonchev–Trinajstić information content (AvgIpc) is 2.37. The fourth-order valence-corrected chi connectivity index (χ4v) is 1.60. The van der Waals surface area contributed by atoms with Gasteiger partial charge in [-0.15, -0.1) is 0 Å². The topological polar surface area (TPSA) is 55.8 Å². The van der Waals surface area contributed by atoms with Gasteiger partial charge in [0.15, 0.2) is 0 Å². The van der Waals surface area contributed by atoms with Gasteiger partial charge < -0.3 is 14.4 Å². The maximum atomic E-state index is 12.9. The first-order valence-corrected chi connectivity index (χ1v) is 5.42. The van der Waals surface area contributed by atoms with E-state index in [1.165, 1.54) is 0 Å². The number of alkyl halides is 4. The van der Waals surface area contributed by atoms with Crippen molar-refractivity contribution in [3.05, 3.63) is 0 Å². The Balaban J connectivity index is 2.64. The number of rotatable bonds is 4. The molecule has 0 radical (unpaired) electrons. The summed E-state index contributed by atoms with van der Waals surface area (Å²) in [6, 6.07) is 0. The molecule has 1 amide bonds. The van der Waals surface area contributed by atoms with E-state index in [4.69, 9.17) is 4.74 Å². The molecule has 0 aliphatic carbocycles. The Kier molecular flexibility index (Phi) is 5.10. The lowest BCUT2D eigenvalue weighted by molar-refractivity contribution is -0.187. The highest BCUT2D eigenvalue weighted by Crippen LogP contribution is 2.26. The molecule has 1 rings (SSSR count). The highest BCUT2D eigenvalue weighted by atomic mass is 19.3. The van der Waals surface area contributed by atoms with Crippen LogP contribution in [-0.4, -0.2) is 62.0 Å². The Bertz CT molecular complexity index is 350. The molecule has 1 saturated heterocycles. The van der Waals surface area contributed by atoms with Crippen LogP contribution in [0.5, 0.6) is 0 Å². The summed E-state index contributed by atoms with van der Waals surface area (Å²) in [4.78, 5) is 22.8. The quantitative estimate of drug-likeness (QED) is 0.563. The van der Waals surface area contributed by atoms with Gasteiger partial charge in [0.05, 0.1) is 26.2 Å². The number of nitrogens with zero attached hydrogens (tertiary/aromatic N) is 1. The smallest absolute Gasteiger partial charge is 0.383 e. The molecule has 1 aliphatic heterocycles. The number of morpholine rings is 1. The summed E-state index contributed by atoms with van der Waals surface area (Å²) < 4.78 is 59.4. The third-order valence-electron chi connectivity index (χ3n) is 2.61. The Morgan fingerprint density at radius 1 is 1.47 bits per heavy atom. The molecule has 0 bridgehead atoms. The maximum Gasteiger partial charge on any atom is 0.383 e. The highest BCUT2D eigenvalue weighted by Gasteiger charge is 2.51. The zero-order valence-corrected chi connectivity index (χ0v) is 10.1. The number of hydrogen-bond acceptors (Lipinski definition) is 4. The van der Waals surface area contributed by atoms with Crippen LogP contribution in [0.25, 0.3) is 0 Å². The van der Waals surface area contributed by atoms with Crippen molar-refractivity contribution in [1.82, 2.24) is 4.90 Å². The van der Waals surface area contributed by atoms with E-state index < -0.39 is 30.3 Å². The summed E-state index contributed by atoms with van der Waals surface area (Å²) in [7, 11) is 1.14. The Morgan fingerprint density at radius 2 is 2.11 bits per heavy atom. The monoisotopic (exact) mass is 287 g/mol. The molecule has 0 saturated carbocycles. The van der Waals surface area contributed by atoms with Gasteiger partial charge in [0.25, 0.3) is 5.91 Å². The molecule has 9 heteroatoms. The van der Waals surface area contributed by atoms with Crippen molar-refractivity contribution in [3.63, 3.8) is 0 Å². The van der Waals surface area contributed by atoms with Crippen molar-refractivity contribution < 1.29 is 36.6 Å². The second-order valence-electron chi connectivity index (χ2n) is 3.95. The molecular formula is C10H13F4NO4. The fraction of sp³-hybridized carbons (Fsp3) is 0.800. The van der Waals surface area contributed by atoms with E-state index in [1.807, 2.05) is 0 Å². The molecule has 0 N–H and O–H groups in total. The minimum absolute atomic E-state index is 0.104. The van der Waals surface area contributed by atoms with Crippen LogP contribution in [0.4, 0.5) is 17.6 Å². The summed E-state index contributed by atoms with van der Waals surface area (Å²) in [5.74, 6) is -7.33. The van der Waals surface area contributed by atoms with Gasteiger partial charge in [0, 0.05) is 13.1 Å². The molecule has 1 atom stereocenters. The Labute approximate surface area is 106 Å². The molecule has 0 aromatic carbocycles. The van der Waals surface area contributed by atoms with Gasteiger partial charge in [0.2, 0.25) is 0 Å². The number of ether oxygens (including phenoxy) is 2. The van der Waals surface area contributed by atoms with Crippen LogP contribution in [0.3, 0.4) is 0 Å². The number of carbonyl (C=O) groups excluding carboxylic acids is 2. The second kappa shape index (κ2) is 6.18. The van der Waals surface area contributed by atoms with E-state index >= 15 is 0 Å². The van der Waals surface area contributed by atoms with Gasteiger partial charge >= 0.3 is 18.3 Å². The van der Waals surface area contributed by atoms with Crippen LogP contribution in [0.1, 0.15) is 6.42 Å². The number of halogens is 4. The van der Waals surface area contributed by atoms with Gasteiger partial charge in [-0.2, -0.15) is 8.78 Å². The maximum absolute atomic E-state index is 12.9. The zero-order chi connectivity index (χ0) is 14.6. The SMILES string of the molecule is COC(=O)CC1CN(C(=O)C(F)(F)C(F)F)CCO1. The first-order valence-electron chi connectivity index (χ1n) is 5.42. The van der Waals surface area contributed by atoms with Crippen molar-refractivity contribution >= 4 is 11.9 Å². The Hall–Kier alpha value is -1.38. The van der Waals surface area contributed by atoms with Crippen molar-refractivity contribution in [2.45, 2.75) is 24.9 Å². The van der Waals surface area contributed by atoms with E-state index in [9.17, 15) is 27.2 Å². The summed E-state index contributed by atoms with van der Waals surface area (Å²) in [5.41, 5.74) is 0. The summed E-state index contributed by atoms with van der Waals surface area (Å²) in [6.45, 7) is -0.679. The minimum atomic E-state index is -4.73. The van der Waals surface area contributed by atoms with Crippen LogP contribution in [0.2, 0.25) is 0 Å². The predicted molar refractivity (Wildman–Crippen MR) is 53.9 cm³/mol. The largest absolute Gasteiger partial charge is 0.469 e. The van der Waals surface area contributed by atoms with Crippen LogP contribution in [0.15, 0.2) is 0 Å². The molecule has 0 spiro atoms. The van der Waals surface area contributed by atoms with E-state index in [1.54, 1.807) is 0 Å². The zero-order valence-electron chi connectivity index (χ0n) is 10.1. The summed E-state index contributed by atoms with van der Waals surface area (Å²) in [6.07, 6.45) is -5.14. The number of methoxy groups -OCH3 is 1. The summed E-state index contributed by atoms with van der Waals surface area (Å²) >= 11 is 0. The third-order valence-corrected chi connectivity index (χ3v) is 2.61. The second-order valence-corrected chi connectivity index (χ2v) is 3.95. The minimum Gasteiger partial charge on any atom is -0.469 e. The van der Waals surface area contributed by atoms with Crippen LogP contribution in [-0.2, 0) is 19.1 Å². The predicted octanol–water partition coefficient (Wildman–Crippen LogP) is 0.677. The molecule has 110 valence electrons. The van der Waals surface area contributed by atoms with Crippen molar-refractivity contribution in [1.29, 1.82) is 0 Å². The van der Waals surface area contributed by atoms with Gasteiger partial charge in [-0.1, -0.05) is 0 Å². The molecule has 5 nitrogen and oxygen atoms in total. The highest BCUT2D eigenvalue weighted by molar-refractivity contribution is 5.84. The lowest BCUT2D eigenvalue weighted by atomic mass is 10.2. The molecule has 1 heterocycles. The standard InChI is InChI=1S/C10H13F4NO4/c1-18-7(16)4-6-5-15(2-3-19-6)9(17)10(13,14)8(11)12/h6,8H,2-5H2,1H3. The summed E-state index contributed by atoms with van der Waals surface area (Å²) in [5, 5.41) is 0. The number of hydrogen-bond donors (Lipinski definition) is 0. The fourth-order valence-electron chi connectivity index (χ4n) is 1.60. The van der Waals surface area contributed by atoms with Gasteiger partial charge in [0.1, 0.15) is 0 Å². The van der Waals surface area contributed by atoms with Gasteiger partial charge in [-0.25, -0.2) is 8.78 Å². The van der Waals surface area contributed by atoms with Crippen LogP contribution < -0.4 is 0 Å². The molecule has 1 aliphatic rings. The average molecular weight is 287 g/mol. The lowest BCUT2D eigenvalue weighted by Gasteiger charge is -2.34. The molecule has 19 heavy (non-hydrogen) atoms. The van der Waals surface area contributed by atoms with E-state index in [2.05, 4.69) is 4.74 Å². The normalized spacial score (nSPS) is 20.5. The molecule has 0 aromatic rings. The molecule has 1 unspecified atom stereocenters. The van der Waals surface area contributed by atoms with Crippen molar-refractivity contribution in [3.8, 4) is 0 Å². The Morgan fingerprint density at radius 3 is 2.63 bits per heavy atom. The first kappa shape index (κ1) is 15.7. The van der Waals surface area contributed by atoms with Crippen molar-refractivity contribution in [2.24, 2.45) is 0 Å². The van der Waals surface area contributed by atoms with Gasteiger partial charge in [-0.05, 0) is 0 Å². The first-order chi connectivity index (χ1) is 8.78.